The summed E-state index contributed by atoms with van der Waals surface area (Å²) in [5, 5.41) is 0. The van der Waals surface area contributed by atoms with Crippen LogP contribution in [-0.2, 0) is 4.79 Å². The second-order valence-electron chi connectivity index (χ2n) is 6.26. The number of amides is 1. The molecule has 2 saturated carbocycles. The molecule has 0 spiro atoms. The molecular weight excluding hydrogens is 200 g/mol. The molecular formula is C13H24N2O. The van der Waals surface area contributed by atoms with Crippen molar-refractivity contribution in [2.45, 2.75) is 58.0 Å². The molecule has 2 aliphatic carbocycles. The Morgan fingerprint density at radius 3 is 2.19 bits per heavy atom. The predicted molar refractivity (Wildman–Crippen MR) is 64.9 cm³/mol. The number of hydrogen-bond acceptors (Lipinski definition) is 2. The SMILES string of the molecule is CN(C(=O)C1CC1(C)C)C1CCC(N)CC1. The molecule has 2 rings (SSSR count). The molecule has 3 nitrogen and oxygen atoms in total. The van der Waals surface area contributed by atoms with Crippen LogP contribution in [0.2, 0.25) is 0 Å². The lowest BCUT2D eigenvalue weighted by atomic mass is 9.90. The van der Waals surface area contributed by atoms with Crippen molar-refractivity contribution in [3.8, 4) is 0 Å². The van der Waals surface area contributed by atoms with E-state index in [4.69, 9.17) is 5.73 Å². The first-order valence-electron chi connectivity index (χ1n) is 6.44. The van der Waals surface area contributed by atoms with E-state index in [1.54, 1.807) is 0 Å². The van der Waals surface area contributed by atoms with E-state index >= 15 is 0 Å². The zero-order valence-corrected chi connectivity index (χ0v) is 10.7. The first-order valence-corrected chi connectivity index (χ1v) is 6.44. The zero-order chi connectivity index (χ0) is 11.9. The molecule has 2 N–H and O–H groups in total. The van der Waals surface area contributed by atoms with Gasteiger partial charge in [-0.3, -0.25) is 4.79 Å². The van der Waals surface area contributed by atoms with Crippen LogP contribution in [0.15, 0.2) is 0 Å². The molecule has 2 fully saturated rings. The number of rotatable bonds is 2. The smallest absolute Gasteiger partial charge is 0.226 e. The van der Waals surface area contributed by atoms with Crippen LogP contribution < -0.4 is 5.73 Å². The Morgan fingerprint density at radius 2 is 1.75 bits per heavy atom. The van der Waals surface area contributed by atoms with Crippen molar-refractivity contribution in [1.82, 2.24) is 4.90 Å². The Labute approximate surface area is 98.4 Å². The third kappa shape index (κ3) is 2.24. The van der Waals surface area contributed by atoms with Crippen molar-refractivity contribution in [2.24, 2.45) is 17.1 Å². The average molecular weight is 224 g/mol. The van der Waals surface area contributed by atoms with Crippen LogP contribution >= 0.6 is 0 Å². The highest BCUT2D eigenvalue weighted by Gasteiger charge is 2.52. The monoisotopic (exact) mass is 224 g/mol. The van der Waals surface area contributed by atoms with Gasteiger partial charge >= 0.3 is 0 Å². The van der Waals surface area contributed by atoms with E-state index in [1.165, 1.54) is 0 Å². The summed E-state index contributed by atoms with van der Waals surface area (Å²) < 4.78 is 0. The lowest BCUT2D eigenvalue weighted by molar-refractivity contribution is -0.134. The van der Waals surface area contributed by atoms with Gasteiger partial charge in [0.1, 0.15) is 0 Å². The summed E-state index contributed by atoms with van der Waals surface area (Å²) >= 11 is 0. The first-order chi connectivity index (χ1) is 7.42. The standard InChI is InChI=1S/C13H24N2O/c1-13(2)8-11(13)12(16)15(3)10-6-4-9(14)5-7-10/h9-11H,4-8,14H2,1-3H3. The first kappa shape index (κ1) is 11.9. The maximum atomic E-state index is 12.2. The fraction of sp³-hybridized carbons (Fsp3) is 0.923. The van der Waals surface area contributed by atoms with Crippen LogP contribution in [0.5, 0.6) is 0 Å². The molecule has 0 aromatic rings. The molecule has 2 aliphatic rings. The van der Waals surface area contributed by atoms with Crippen molar-refractivity contribution in [2.75, 3.05) is 7.05 Å². The van der Waals surface area contributed by atoms with Gasteiger partial charge in [-0.25, -0.2) is 0 Å². The zero-order valence-electron chi connectivity index (χ0n) is 10.7. The van der Waals surface area contributed by atoms with Gasteiger partial charge in [-0.1, -0.05) is 13.8 Å². The van der Waals surface area contributed by atoms with E-state index in [9.17, 15) is 4.79 Å². The maximum Gasteiger partial charge on any atom is 0.226 e. The number of carbonyl (C=O) groups is 1. The fourth-order valence-electron chi connectivity index (χ4n) is 2.80. The number of hydrogen-bond donors (Lipinski definition) is 1. The Morgan fingerprint density at radius 1 is 1.25 bits per heavy atom. The van der Waals surface area contributed by atoms with Crippen LogP contribution in [0.4, 0.5) is 0 Å². The van der Waals surface area contributed by atoms with Crippen molar-refractivity contribution < 1.29 is 4.79 Å². The van der Waals surface area contributed by atoms with Crippen molar-refractivity contribution >= 4 is 5.91 Å². The van der Waals surface area contributed by atoms with E-state index in [0.717, 1.165) is 32.1 Å². The molecule has 1 atom stereocenters. The van der Waals surface area contributed by atoms with Gasteiger partial charge in [0.2, 0.25) is 5.91 Å². The molecule has 1 unspecified atom stereocenters. The minimum absolute atomic E-state index is 0.246. The maximum absolute atomic E-state index is 12.2. The highest BCUT2D eigenvalue weighted by molar-refractivity contribution is 5.82. The molecule has 0 aromatic carbocycles. The van der Waals surface area contributed by atoms with E-state index < -0.39 is 0 Å². The Balaban J connectivity index is 1.88. The van der Waals surface area contributed by atoms with Gasteiger partial charge in [0, 0.05) is 25.0 Å². The van der Waals surface area contributed by atoms with Crippen molar-refractivity contribution in [1.29, 1.82) is 0 Å². The third-order valence-electron chi connectivity index (χ3n) is 4.45. The molecule has 0 aliphatic heterocycles. The summed E-state index contributed by atoms with van der Waals surface area (Å²) in [7, 11) is 1.97. The minimum Gasteiger partial charge on any atom is -0.343 e. The molecule has 0 saturated heterocycles. The largest absolute Gasteiger partial charge is 0.343 e. The van der Waals surface area contributed by atoms with Crippen molar-refractivity contribution in [3.05, 3.63) is 0 Å². The van der Waals surface area contributed by atoms with Crippen LogP contribution in [0, 0.1) is 11.3 Å². The van der Waals surface area contributed by atoms with Gasteiger partial charge in [-0.15, -0.1) is 0 Å². The van der Waals surface area contributed by atoms with E-state index in [2.05, 4.69) is 13.8 Å². The van der Waals surface area contributed by atoms with Gasteiger partial charge in [-0.05, 0) is 37.5 Å². The Bertz CT molecular complexity index is 280. The summed E-state index contributed by atoms with van der Waals surface area (Å²) in [5.74, 6) is 0.624. The summed E-state index contributed by atoms with van der Waals surface area (Å²) in [5.41, 5.74) is 6.13. The van der Waals surface area contributed by atoms with Gasteiger partial charge in [-0.2, -0.15) is 0 Å². The van der Waals surface area contributed by atoms with Gasteiger partial charge in [0.25, 0.3) is 0 Å². The lowest BCUT2D eigenvalue weighted by Crippen LogP contribution is -2.42. The second-order valence-corrected chi connectivity index (χ2v) is 6.26. The molecule has 0 radical (unpaired) electrons. The molecule has 0 bridgehead atoms. The Kier molecular flexibility index (Phi) is 2.99. The van der Waals surface area contributed by atoms with E-state index in [0.29, 0.717) is 18.0 Å². The highest BCUT2D eigenvalue weighted by atomic mass is 16.2. The Hall–Kier alpha value is -0.570. The summed E-state index contributed by atoms with van der Waals surface area (Å²) in [4.78, 5) is 14.2. The summed E-state index contributed by atoms with van der Waals surface area (Å²) in [6, 6.07) is 0.792. The molecule has 3 heteroatoms. The van der Waals surface area contributed by atoms with Crippen LogP contribution in [0.25, 0.3) is 0 Å². The molecule has 0 aromatic heterocycles. The number of nitrogens with two attached hydrogens (primary N) is 1. The lowest BCUT2D eigenvalue weighted by Gasteiger charge is -2.34. The predicted octanol–water partition coefficient (Wildman–Crippen LogP) is 1.76. The average Bonchev–Trinajstić information content (AvgIpc) is 2.87. The molecule has 0 heterocycles. The van der Waals surface area contributed by atoms with Gasteiger partial charge in [0.15, 0.2) is 0 Å². The normalized spacial score (nSPS) is 36.9. The topological polar surface area (TPSA) is 46.3 Å². The third-order valence-corrected chi connectivity index (χ3v) is 4.45. The number of nitrogens with zero attached hydrogens (tertiary/aromatic N) is 1. The van der Waals surface area contributed by atoms with Gasteiger partial charge < -0.3 is 10.6 Å². The van der Waals surface area contributed by atoms with Crippen LogP contribution in [-0.4, -0.2) is 29.9 Å². The van der Waals surface area contributed by atoms with E-state index in [-0.39, 0.29) is 11.3 Å². The van der Waals surface area contributed by atoms with Crippen molar-refractivity contribution in [3.63, 3.8) is 0 Å². The van der Waals surface area contributed by atoms with Crippen LogP contribution in [0.1, 0.15) is 46.0 Å². The summed E-state index contributed by atoms with van der Waals surface area (Å²) in [6.07, 6.45) is 5.35. The fourth-order valence-corrected chi connectivity index (χ4v) is 2.80. The highest BCUT2D eigenvalue weighted by Crippen LogP contribution is 2.52. The minimum atomic E-state index is 0.246. The molecule has 92 valence electrons. The summed E-state index contributed by atoms with van der Waals surface area (Å²) in [6.45, 7) is 4.36. The molecule has 1 amide bonds. The van der Waals surface area contributed by atoms with E-state index in [1.807, 2.05) is 11.9 Å². The molecule has 16 heavy (non-hydrogen) atoms. The van der Waals surface area contributed by atoms with Crippen LogP contribution in [0.3, 0.4) is 0 Å². The second kappa shape index (κ2) is 4.02. The number of carbonyl (C=O) groups excluding carboxylic acids is 1. The van der Waals surface area contributed by atoms with Gasteiger partial charge in [0.05, 0.1) is 0 Å². The quantitative estimate of drug-likeness (QED) is 0.777.